The van der Waals surface area contributed by atoms with Crippen LogP contribution < -0.4 is 4.74 Å². The van der Waals surface area contributed by atoms with Crippen LogP contribution in [0.5, 0.6) is 11.5 Å². The number of hydrogen-bond donors (Lipinski definition) is 1. The fourth-order valence-electron chi connectivity index (χ4n) is 5.01. The summed E-state index contributed by atoms with van der Waals surface area (Å²) in [4.78, 5) is 13.3. The summed E-state index contributed by atoms with van der Waals surface area (Å²) in [6.45, 7) is 0. The van der Waals surface area contributed by atoms with Crippen LogP contribution in [-0.4, -0.2) is 37.8 Å². The summed E-state index contributed by atoms with van der Waals surface area (Å²) in [6, 6.07) is 23.0. The molecule has 1 aliphatic carbocycles. The minimum atomic E-state index is -0.955. The number of phenols is 1. The molecule has 0 amide bonds. The average molecular weight is 523 g/mol. The second kappa shape index (κ2) is 11.1. The number of rotatable bonds is 9. The third-order valence-corrected chi connectivity index (χ3v) is 6.99. The van der Waals surface area contributed by atoms with Crippen molar-refractivity contribution in [1.29, 1.82) is 0 Å². The lowest BCUT2D eigenvalue weighted by atomic mass is 9.84. The minimum Gasteiger partial charge on any atom is -0.504 e. The molecule has 3 aromatic carbocycles. The van der Waals surface area contributed by atoms with Gasteiger partial charge in [0.05, 0.1) is 14.2 Å². The first-order valence-electron chi connectivity index (χ1n) is 12.6. The van der Waals surface area contributed by atoms with Crippen LogP contribution in [0.25, 0.3) is 28.2 Å². The van der Waals surface area contributed by atoms with Gasteiger partial charge in [-0.2, -0.15) is 0 Å². The fraction of sp³-hybridized carbons (Fsp3) is 0.182. The van der Waals surface area contributed by atoms with Gasteiger partial charge in [0, 0.05) is 48.6 Å². The molecule has 1 aliphatic rings. The number of methoxy groups -OCH3 is 3. The number of allylic oxidation sites excluding steroid dienone is 2. The van der Waals surface area contributed by atoms with Gasteiger partial charge in [-0.1, -0.05) is 72.8 Å². The molecule has 0 saturated heterocycles. The maximum absolute atomic E-state index is 13.3. The standard InChI is InChI=1S/C33H30O6/c1-36-29-20-28-25(18-27(29)35)32(23-14-8-5-9-15-23)30(39-28)17-24-21-33(38-3,31(37-2)19-26(24)34)16-10-13-22-11-6-4-7-12-22/h4-15,18-21,35H,16-17H2,1-3H3/b13-10+. The molecule has 1 aromatic heterocycles. The Bertz CT molecular complexity index is 1580. The molecule has 0 spiro atoms. The van der Waals surface area contributed by atoms with Crippen molar-refractivity contribution in [3.05, 3.63) is 114 Å². The number of ketones is 1. The van der Waals surface area contributed by atoms with Crippen LogP contribution in [0.2, 0.25) is 0 Å². The van der Waals surface area contributed by atoms with Crippen molar-refractivity contribution in [2.24, 2.45) is 0 Å². The first kappa shape index (κ1) is 26.1. The van der Waals surface area contributed by atoms with Gasteiger partial charge in [0.15, 0.2) is 17.3 Å². The average Bonchev–Trinajstić information content (AvgIpc) is 3.31. The Kier molecular flexibility index (Phi) is 7.39. The summed E-state index contributed by atoms with van der Waals surface area (Å²) < 4.78 is 23.2. The number of ether oxygens (including phenoxy) is 3. The molecule has 1 heterocycles. The molecule has 0 aliphatic heterocycles. The van der Waals surface area contributed by atoms with Crippen molar-refractivity contribution in [3.8, 4) is 22.6 Å². The summed E-state index contributed by atoms with van der Waals surface area (Å²) in [5, 5.41) is 11.2. The molecule has 5 rings (SSSR count). The molecular formula is C33H30O6. The molecule has 1 atom stereocenters. The third kappa shape index (κ3) is 5.11. The molecule has 0 saturated carbocycles. The lowest BCUT2D eigenvalue weighted by Gasteiger charge is -2.33. The van der Waals surface area contributed by atoms with Crippen LogP contribution in [0.3, 0.4) is 0 Å². The Morgan fingerprint density at radius 1 is 0.949 bits per heavy atom. The zero-order chi connectivity index (χ0) is 27.4. The van der Waals surface area contributed by atoms with E-state index in [4.69, 9.17) is 18.6 Å². The first-order valence-corrected chi connectivity index (χ1v) is 12.6. The van der Waals surface area contributed by atoms with Crippen molar-refractivity contribution in [3.63, 3.8) is 0 Å². The summed E-state index contributed by atoms with van der Waals surface area (Å²) >= 11 is 0. The number of carbonyl (C=O) groups is 1. The summed E-state index contributed by atoms with van der Waals surface area (Å²) in [5.74, 6) is 1.19. The van der Waals surface area contributed by atoms with Crippen molar-refractivity contribution >= 4 is 22.8 Å². The molecule has 6 heteroatoms. The van der Waals surface area contributed by atoms with E-state index in [-0.39, 0.29) is 18.0 Å². The van der Waals surface area contributed by atoms with E-state index in [0.717, 1.165) is 22.1 Å². The van der Waals surface area contributed by atoms with Gasteiger partial charge in [0.25, 0.3) is 0 Å². The Labute approximate surface area is 227 Å². The molecule has 198 valence electrons. The minimum absolute atomic E-state index is 0.0127. The lowest BCUT2D eigenvalue weighted by Crippen LogP contribution is -2.36. The van der Waals surface area contributed by atoms with Gasteiger partial charge in [0.2, 0.25) is 0 Å². The van der Waals surface area contributed by atoms with E-state index in [1.807, 2.05) is 78.9 Å². The van der Waals surface area contributed by atoms with Crippen molar-refractivity contribution < 1.29 is 28.5 Å². The molecule has 1 unspecified atom stereocenters. The molecule has 0 fully saturated rings. The summed E-state index contributed by atoms with van der Waals surface area (Å²) in [6.07, 6.45) is 8.05. The molecule has 1 N–H and O–H groups in total. The van der Waals surface area contributed by atoms with E-state index in [2.05, 4.69) is 0 Å². The van der Waals surface area contributed by atoms with Gasteiger partial charge >= 0.3 is 0 Å². The molecule has 6 nitrogen and oxygen atoms in total. The molecule has 39 heavy (non-hydrogen) atoms. The topological polar surface area (TPSA) is 78.1 Å². The molecule has 0 radical (unpaired) electrons. The summed E-state index contributed by atoms with van der Waals surface area (Å²) in [5.41, 5.74) is 2.92. The van der Waals surface area contributed by atoms with Crippen LogP contribution in [0, 0.1) is 0 Å². The van der Waals surface area contributed by atoms with Gasteiger partial charge in [-0.25, -0.2) is 0 Å². The second-order valence-corrected chi connectivity index (χ2v) is 9.32. The predicted octanol–water partition coefficient (Wildman–Crippen LogP) is 6.88. The van der Waals surface area contributed by atoms with Gasteiger partial charge in [-0.15, -0.1) is 0 Å². The number of hydrogen-bond acceptors (Lipinski definition) is 6. The van der Waals surface area contributed by atoms with E-state index in [0.29, 0.717) is 34.8 Å². The highest BCUT2D eigenvalue weighted by atomic mass is 16.5. The number of phenolic OH excluding ortho intramolecular Hbond substituents is 1. The first-order chi connectivity index (χ1) is 19.0. The number of furan rings is 1. The van der Waals surface area contributed by atoms with E-state index in [1.165, 1.54) is 13.2 Å². The molecular weight excluding hydrogens is 492 g/mol. The zero-order valence-electron chi connectivity index (χ0n) is 22.1. The van der Waals surface area contributed by atoms with Gasteiger partial charge in [-0.3, -0.25) is 4.79 Å². The van der Waals surface area contributed by atoms with Crippen LogP contribution in [-0.2, 0) is 20.7 Å². The number of benzene rings is 3. The van der Waals surface area contributed by atoms with Crippen molar-refractivity contribution in [2.75, 3.05) is 21.3 Å². The van der Waals surface area contributed by atoms with Gasteiger partial charge < -0.3 is 23.7 Å². The Morgan fingerprint density at radius 3 is 2.33 bits per heavy atom. The smallest absolute Gasteiger partial charge is 0.185 e. The predicted molar refractivity (Wildman–Crippen MR) is 152 cm³/mol. The molecule has 4 aromatic rings. The second-order valence-electron chi connectivity index (χ2n) is 9.32. The van der Waals surface area contributed by atoms with Crippen LogP contribution >= 0.6 is 0 Å². The third-order valence-electron chi connectivity index (χ3n) is 6.99. The van der Waals surface area contributed by atoms with Crippen molar-refractivity contribution in [2.45, 2.75) is 18.4 Å². The fourth-order valence-corrected chi connectivity index (χ4v) is 5.01. The lowest BCUT2D eigenvalue weighted by molar-refractivity contribution is -0.112. The Hall–Kier alpha value is -4.55. The summed E-state index contributed by atoms with van der Waals surface area (Å²) in [7, 11) is 4.64. The monoisotopic (exact) mass is 522 g/mol. The normalized spacial score (nSPS) is 17.4. The number of carbonyl (C=O) groups excluding carboxylic acids is 1. The van der Waals surface area contributed by atoms with Gasteiger partial charge in [0.1, 0.15) is 22.7 Å². The molecule has 0 bridgehead atoms. The SMILES string of the molecule is COC1=CC(=O)C(Cc2oc3cc(OC)c(O)cc3c2-c2ccccc2)=CC1(C/C=C/c1ccccc1)OC. The Morgan fingerprint density at radius 2 is 1.67 bits per heavy atom. The van der Waals surface area contributed by atoms with E-state index in [9.17, 15) is 9.90 Å². The highest BCUT2D eigenvalue weighted by Gasteiger charge is 2.38. The largest absolute Gasteiger partial charge is 0.504 e. The van der Waals surface area contributed by atoms with Crippen LogP contribution in [0.4, 0.5) is 0 Å². The van der Waals surface area contributed by atoms with Crippen molar-refractivity contribution in [1.82, 2.24) is 0 Å². The zero-order valence-corrected chi connectivity index (χ0v) is 22.1. The highest BCUT2D eigenvalue weighted by molar-refractivity contribution is 6.07. The van der Waals surface area contributed by atoms with Crippen LogP contribution in [0.15, 0.2) is 107 Å². The van der Waals surface area contributed by atoms with E-state index >= 15 is 0 Å². The van der Waals surface area contributed by atoms with E-state index in [1.54, 1.807) is 26.4 Å². The maximum atomic E-state index is 13.3. The maximum Gasteiger partial charge on any atom is 0.185 e. The van der Waals surface area contributed by atoms with Gasteiger partial charge in [-0.05, 0) is 23.3 Å². The van der Waals surface area contributed by atoms with Crippen LogP contribution in [0.1, 0.15) is 17.7 Å². The Balaban J connectivity index is 1.57. The quantitative estimate of drug-likeness (QED) is 0.258. The number of fused-ring (bicyclic) bond motifs is 1. The highest BCUT2D eigenvalue weighted by Crippen LogP contribution is 2.42. The van der Waals surface area contributed by atoms with E-state index < -0.39 is 5.60 Å². The number of aromatic hydroxyl groups is 1.